The van der Waals surface area contributed by atoms with Crippen LogP contribution in [0.5, 0.6) is 0 Å². The number of nitrogens with two attached hydrogens (primary N) is 1. The summed E-state index contributed by atoms with van der Waals surface area (Å²) in [4.78, 5) is 11.8. The molecular weight excluding hydrogens is 308 g/mol. The van der Waals surface area contributed by atoms with Crippen LogP contribution >= 0.6 is 0 Å². The Morgan fingerprint density at radius 3 is 2.55 bits per heavy atom. The highest BCUT2D eigenvalue weighted by atomic mass is 32.2. The Hall–Kier alpha value is -1.38. The van der Waals surface area contributed by atoms with Crippen LogP contribution in [0.4, 0.5) is 0 Å². The molecule has 0 saturated carbocycles. The Morgan fingerprint density at radius 1 is 1.41 bits per heavy atom. The van der Waals surface area contributed by atoms with Crippen LogP contribution in [0.2, 0.25) is 0 Å². The number of esters is 1. The van der Waals surface area contributed by atoms with Crippen molar-refractivity contribution in [2.45, 2.75) is 32.1 Å². The fourth-order valence-corrected chi connectivity index (χ4v) is 4.75. The van der Waals surface area contributed by atoms with Crippen LogP contribution in [0.3, 0.4) is 0 Å². The Labute approximate surface area is 130 Å². The van der Waals surface area contributed by atoms with Gasteiger partial charge in [0, 0.05) is 13.1 Å². The van der Waals surface area contributed by atoms with Gasteiger partial charge in [0.15, 0.2) is 0 Å². The predicted octanol–water partition coefficient (Wildman–Crippen LogP) is 1.04. The highest BCUT2D eigenvalue weighted by Gasteiger charge is 2.42. The third-order valence-corrected chi connectivity index (χ3v) is 6.21. The van der Waals surface area contributed by atoms with E-state index in [1.54, 1.807) is 6.92 Å². The van der Waals surface area contributed by atoms with Gasteiger partial charge < -0.3 is 14.9 Å². The molecule has 0 bridgehead atoms. The Bertz CT molecular complexity index is 694. The molecule has 1 aromatic heterocycles. The van der Waals surface area contributed by atoms with Crippen molar-refractivity contribution < 1.29 is 22.4 Å². The first-order chi connectivity index (χ1) is 10.2. The number of ether oxygens (including phenoxy) is 1. The van der Waals surface area contributed by atoms with Crippen molar-refractivity contribution in [1.29, 1.82) is 0 Å². The molecule has 0 aliphatic carbocycles. The molecule has 1 fully saturated rings. The largest absolute Gasteiger partial charge is 0.465 e. The van der Waals surface area contributed by atoms with Gasteiger partial charge in [-0.2, -0.15) is 4.31 Å². The Balaban J connectivity index is 2.50. The Kier molecular flexibility index (Phi) is 4.38. The number of carbonyl (C=O) groups is 1. The summed E-state index contributed by atoms with van der Waals surface area (Å²) >= 11 is 0. The average Bonchev–Trinajstić information content (AvgIpc) is 3.00. The fourth-order valence-electron chi connectivity index (χ4n) is 2.79. The van der Waals surface area contributed by atoms with E-state index in [2.05, 4.69) is 4.74 Å². The molecular formula is C14H22N2O5S. The molecule has 124 valence electrons. The van der Waals surface area contributed by atoms with Gasteiger partial charge in [0.1, 0.15) is 22.0 Å². The van der Waals surface area contributed by atoms with E-state index in [4.69, 9.17) is 10.2 Å². The minimum Gasteiger partial charge on any atom is -0.465 e. The molecule has 0 radical (unpaired) electrons. The maximum Gasteiger partial charge on any atom is 0.342 e. The van der Waals surface area contributed by atoms with E-state index < -0.39 is 16.0 Å². The normalized spacial score (nSPS) is 23.0. The van der Waals surface area contributed by atoms with Crippen LogP contribution in [0.1, 0.15) is 35.2 Å². The first-order valence-corrected chi connectivity index (χ1v) is 8.49. The fraction of sp³-hybridized carbons (Fsp3) is 0.643. The minimum absolute atomic E-state index is 0.0265. The first kappa shape index (κ1) is 17.0. The van der Waals surface area contributed by atoms with Crippen molar-refractivity contribution in [3.63, 3.8) is 0 Å². The van der Waals surface area contributed by atoms with Gasteiger partial charge in [-0.25, -0.2) is 13.2 Å². The highest BCUT2D eigenvalue weighted by molar-refractivity contribution is 7.89. The second-order valence-corrected chi connectivity index (χ2v) is 7.89. The number of furan rings is 1. The average molecular weight is 330 g/mol. The predicted molar refractivity (Wildman–Crippen MR) is 80.1 cm³/mol. The van der Waals surface area contributed by atoms with Gasteiger partial charge in [0.05, 0.1) is 7.11 Å². The van der Waals surface area contributed by atoms with Crippen molar-refractivity contribution in [1.82, 2.24) is 4.31 Å². The zero-order valence-electron chi connectivity index (χ0n) is 13.3. The molecule has 7 nitrogen and oxygen atoms in total. The van der Waals surface area contributed by atoms with E-state index in [1.807, 2.05) is 6.92 Å². The molecule has 0 aromatic carbocycles. The summed E-state index contributed by atoms with van der Waals surface area (Å²) in [6, 6.07) is 0. The lowest BCUT2D eigenvalue weighted by molar-refractivity contribution is 0.0594. The van der Waals surface area contributed by atoms with Gasteiger partial charge in [0.25, 0.3) is 0 Å². The number of sulfonamides is 1. The third kappa shape index (κ3) is 2.66. The van der Waals surface area contributed by atoms with E-state index >= 15 is 0 Å². The number of carbonyl (C=O) groups excluding carboxylic acids is 1. The molecule has 1 aromatic rings. The van der Waals surface area contributed by atoms with Crippen molar-refractivity contribution in [3.8, 4) is 0 Å². The van der Waals surface area contributed by atoms with Crippen molar-refractivity contribution in [3.05, 3.63) is 17.1 Å². The number of nitrogens with zero attached hydrogens (tertiary/aromatic N) is 1. The number of methoxy groups -OCH3 is 1. The summed E-state index contributed by atoms with van der Waals surface area (Å²) in [5, 5.41) is 0. The monoisotopic (exact) mass is 330 g/mol. The SMILES string of the molecule is COC(=O)c1c(C)oc(C)c1S(=O)(=O)N1CCC(C)(CN)C1. The molecule has 1 atom stereocenters. The second kappa shape index (κ2) is 5.68. The number of hydrogen-bond donors (Lipinski definition) is 1. The van der Waals surface area contributed by atoms with Gasteiger partial charge in [-0.3, -0.25) is 0 Å². The molecule has 1 aliphatic heterocycles. The minimum atomic E-state index is -3.83. The molecule has 0 spiro atoms. The van der Waals surface area contributed by atoms with Gasteiger partial charge in [-0.15, -0.1) is 0 Å². The summed E-state index contributed by atoms with van der Waals surface area (Å²) in [5.74, 6) is -0.281. The molecule has 1 unspecified atom stereocenters. The molecule has 1 saturated heterocycles. The smallest absolute Gasteiger partial charge is 0.342 e. The summed E-state index contributed by atoms with van der Waals surface area (Å²) < 4.78 is 37.3. The van der Waals surface area contributed by atoms with Crippen LogP contribution in [-0.2, 0) is 14.8 Å². The molecule has 2 heterocycles. The van der Waals surface area contributed by atoms with E-state index in [0.29, 0.717) is 26.1 Å². The van der Waals surface area contributed by atoms with Crippen LogP contribution < -0.4 is 5.73 Å². The van der Waals surface area contributed by atoms with Gasteiger partial charge in [0.2, 0.25) is 10.0 Å². The van der Waals surface area contributed by atoms with Crippen LogP contribution in [0.15, 0.2) is 9.31 Å². The van der Waals surface area contributed by atoms with Crippen molar-refractivity contribution in [2.24, 2.45) is 11.1 Å². The summed E-state index contributed by atoms with van der Waals surface area (Å²) in [6.07, 6.45) is 0.687. The molecule has 2 N–H and O–H groups in total. The molecule has 1 aliphatic rings. The van der Waals surface area contributed by atoms with E-state index in [-0.39, 0.29) is 27.4 Å². The van der Waals surface area contributed by atoms with E-state index in [1.165, 1.54) is 18.3 Å². The second-order valence-electron chi connectivity index (χ2n) is 6.01. The lowest BCUT2D eigenvalue weighted by Gasteiger charge is -2.22. The zero-order chi connectivity index (χ0) is 16.7. The summed E-state index contributed by atoms with van der Waals surface area (Å²) in [7, 11) is -2.62. The van der Waals surface area contributed by atoms with Gasteiger partial charge in [-0.1, -0.05) is 6.92 Å². The lowest BCUT2D eigenvalue weighted by Crippen LogP contribution is -2.35. The maximum atomic E-state index is 12.9. The Morgan fingerprint density at radius 2 is 2.05 bits per heavy atom. The number of hydrogen-bond acceptors (Lipinski definition) is 6. The standard InChI is InChI=1S/C14H22N2O5S/c1-9-11(13(17)20-4)12(10(2)21-9)22(18,19)16-6-5-14(3,7-15)8-16/h5-8,15H2,1-4H3. The number of aryl methyl sites for hydroxylation is 2. The lowest BCUT2D eigenvalue weighted by atomic mass is 9.90. The molecule has 8 heteroatoms. The van der Waals surface area contributed by atoms with Crippen LogP contribution in [-0.4, -0.2) is 45.4 Å². The summed E-state index contributed by atoms with van der Waals surface area (Å²) in [6.45, 7) is 6.15. The van der Waals surface area contributed by atoms with Crippen molar-refractivity contribution in [2.75, 3.05) is 26.7 Å². The molecule has 2 rings (SSSR count). The number of rotatable bonds is 4. The zero-order valence-corrected chi connectivity index (χ0v) is 14.1. The molecule has 22 heavy (non-hydrogen) atoms. The van der Waals surface area contributed by atoms with Crippen LogP contribution in [0.25, 0.3) is 0 Å². The van der Waals surface area contributed by atoms with Gasteiger partial charge in [-0.05, 0) is 32.2 Å². The quantitative estimate of drug-likeness (QED) is 0.828. The summed E-state index contributed by atoms with van der Waals surface area (Å²) in [5.41, 5.74) is 5.46. The maximum absolute atomic E-state index is 12.9. The third-order valence-electron chi connectivity index (χ3n) is 4.21. The van der Waals surface area contributed by atoms with Crippen molar-refractivity contribution >= 4 is 16.0 Å². The first-order valence-electron chi connectivity index (χ1n) is 7.05. The van der Waals surface area contributed by atoms with Crippen LogP contribution in [0, 0.1) is 19.3 Å². The topological polar surface area (TPSA) is 103 Å². The highest BCUT2D eigenvalue weighted by Crippen LogP contribution is 2.36. The van der Waals surface area contributed by atoms with E-state index in [9.17, 15) is 13.2 Å². The van der Waals surface area contributed by atoms with E-state index in [0.717, 1.165) is 0 Å². The van der Waals surface area contributed by atoms with Gasteiger partial charge >= 0.3 is 5.97 Å². The molecule has 0 amide bonds.